The molecule has 112 valence electrons. The number of piperidine rings is 1. The Kier molecular flexibility index (Phi) is 4.07. The lowest BCUT2D eigenvalue weighted by Gasteiger charge is -2.30. The van der Waals surface area contributed by atoms with Gasteiger partial charge in [0.2, 0.25) is 5.91 Å². The number of aromatic nitrogens is 1. The molecule has 1 saturated heterocycles. The van der Waals surface area contributed by atoms with Crippen molar-refractivity contribution in [3.63, 3.8) is 0 Å². The third-order valence-electron chi connectivity index (χ3n) is 3.87. The van der Waals surface area contributed by atoms with Crippen LogP contribution in [0.5, 0.6) is 0 Å². The highest BCUT2D eigenvalue weighted by Gasteiger charge is 2.26. The van der Waals surface area contributed by atoms with Gasteiger partial charge in [-0.05, 0) is 37.5 Å². The summed E-state index contributed by atoms with van der Waals surface area (Å²) in [4.78, 5) is 23.4. The van der Waals surface area contributed by atoms with Gasteiger partial charge in [-0.15, -0.1) is 0 Å². The van der Waals surface area contributed by atoms with E-state index in [1.807, 2.05) is 0 Å². The maximum atomic E-state index is 11.8. The van der Waals surface area contributed by atoms with Crippen LogP contribution in [-0.2, 0) is 9.63 Å². The van der Waals surface area contributed by atoms with Gasteiger partial charge >= 0.3 is 0 Å². The Balaban J connectivity index is 1.69. The summed E-state index contributed by atoms with van der Waals surface area (Å²) in [6.07, 6.45) is 1.67. The molecule has 1 N–H and O–H groups in total. The van der Waals surface area contributed by atoms with Gasteiger partial charge in [0.05, 0.1) is 17.3 Å². The minimum Gasteiger partial charge on any atom is -0.348 e. The van der Waals surface area contributed by atoms with Crippen molar-refractivity contribution in [1.29, 1.82) is 0 Å². The van der Waals surface area contributed by atoms with Crippen LogP contribution in [0, 0.1) is 12.8 Å². The monoisotopic (exact) mass is 305 g/mol. The average Bonchev–Trinajstić information content (AvgIpc) is 2.90. The van der Waals surface area contributed by atoms with E-state index in [2.05, 4.69) is 35.5 Å². The predicted octanol–water partition coefficient (Wildman–Crippen LogP) is 2.50. The van der Waals surface area contributed by atoms with E-state index in [0.29, 0.717) is 0 Å². The second kappa shape index (κ2) is 5.99. The number of carbonyl (C=O) groups is 1. The van der Waals surface area contributed by atoms with Crippen molar-refractivity contribution in [3.05, 3.63) is 23.8 Å². The molecule has 0 radical (unpaired) electrons. The Morgan fingerprint density at radius 1 is 1.43 bits per heavy atom. The van der Waals surface area contributed by atoms with Crippen LogP contribution in [0.25, 0.3) is 10.2 Å². The number of amides is 1. The number of aryl methyl sites for hydroxylation is 1. The van der Waals surface area contributed by atoms with Crippen molar-refractivity contribution >= 4 is 32.6 Å². The normalized spacial score (nSPS) is 16.4. The lowest BCUT2D eigenvalue weighted by atomic mass is 9.97. The molecule has 1 fully saturated rings. The first-order valence-corrected chi connectivity index (χ1v) is 7.94. The summed E-state index contributed by atoms with van der Waals surface area (Å²) in [6, 6.07) is 6.34. The molecule has 0 bridgehead atoms. The fourth-order valence-corrected chi connectivity index (χ4v) is 3.79. The number of nitrogens with one attached hydrogen (secondary N) is 1. The zero-order valence-electron chi connectivity index (χ0n) is 12.3. The summed E-state index contributed by atoms with van der Waals surface area (Å²) >= 11 is 1.73. The molecule has 1 aliphatic heterocycles. The van der Waals surface area contributed by atoms with Crippen molar-refractivity contribution < 1.29 is 9.63 Å². The fourth-order valence-electron chi connectivity index (χ4n) is 2.67. The number of thiazole rings is 1. The number of carbonyl (C=O) groups excluding carboxylic acids is 1. The molecule has 1 amide bonds. The van der Waals surface area contributed by atoms with Gasteiger partial charge in [-0.2, -0.15) is 0 Å². The molecule has 21 heavy (non-hydrogen) atoms. The molecule has 5 nitrogen and oxygen atoms in total. The molecule has 2 heterocycles. The standard InChI is InChI=1S/C15H19N3O2S/c1-10-3-4-12-13(9-10)21-15(16-12)18-7-5-11(6-8-18)14(19)17-20-2/h3-4,9,11H,5-8H2,1-2H3,(H,17,19). The number of fused-ring (bicyclic) bond motifs is 1. The van der Waals surface area contributed by atoms with Gasteiger partial charge < -0.3 is 4.90 Å². The van der Waals surface area contributed by atoms with Crippen LogP contribution in [0.1, 0.15) is 18.4 Å². The van der Waals surface area contributed by atoms with E-state index in [1.54, 1.807) is 11.3 Å². The SMILES string of the molecule is CONC(=O)C1CCN(c2nc3ccc(C)cc3s2)CC1. The van der Waals surface area contributed by atoms with E-state index < -0.39 is 0 Å². The molecule has 1 aromatic carbocycles. The number of benzene rings is 1. The van der Waals surface area contributed by atoms with Crippen molar-refractivity contribution in [3.8, 4) is 0 Å². The maximum absolute atomic E-state index is 11.8. The Morgan fingerprint density at radius 2 is 2.19 bits per heavy atom. The summed E-state index contributed by atoms with van der Waals surface area (Å²) in [5.74, 6) is 0.0231. The quantitative estimate of drug-likeness (QED) is 0.885. The molecular weight excluding hydrogens is 286 g/mol. The maximum Gasteiger partial charge on any atom is 0.246 e. The van der Waals surface area contributed by atoms with E-state index in [1.165, 1.54) is 17.4 Å². The van der Waals surface area contributed by atoms with E-state index in [4.69, 9.17) is 9.82 Å². The van der Waals surface area contributed by atoms with Crippen molar-refractivity contribution in [1.82, 2.24) is 10.5 Å². The zero-order chi connectivity index (χ0) is 14.8. The summed E-state index contributed by atoms with van der Waals surface area (Å²) < 4.78 is 1.23. The zero-order valence-corrected chi connectivity index (χ0v) is 13.1. The van der Waals surface area contributed by atoms with Crippen LogP contribution in [0.2, 0.25) is 0 Å². The van der Waals surface area contributed by atoms with Crippen molar-refractivity contribution in [2.24, 2.45) is 5.92 Å². The first-order chi connectivity index (χ1) is 10.2. The molecule has 0 unspecified atom stereocenters. The van der Waals surface area contributed by atoms with E-state index in [9.17, 15) is 4.79 Å². The molecule has 0 spiro atoms. The highest BCUT2D eigenvalue weighted by molar-refractivity contribution is 7.22. The molecule has 1 aromatic heterocycles. The summed E-state index contributed by atoms with van der Waals surface area (Å²) in [5.41, 5.74) is 4.74. The minimum absolute atomic E-state index is 0.0166. The average molecular weight is 305 g/mol. The number of anilines is 1. The molecular formula is C15H19N3O2S. The minimum atomic E-state index is -0.0166. The van der Waals surface area contributed by atoms with Crippen LogP contribution >= 0.6 is 11.3 Å². The Bertz CT molecular complexity index is 647. The molecule has 0 saturated carbocycles. The lowest BCUT2D eigenvalue weighted by Crippen LogP contribution is -2.40. The third-order valence-corrected chi connectivity index (χ3v) is 4.95. The molecule has 6 heteroatoms. The van der Waals surface area contributed by atoms with Crippen LogP contribution < -0.4 is 10.4 Å². The molecule has 0 aliphatic carbocycles. The Morgan fingerprint density at radius 3 is 2.90 bits per heavy atom. The Labute approximate surface area is 127 Å². The van der Waals surface area contributed by atoms with Gasteiger partial charge in [0.25, 0.3) is 0 Å². The predicted molar refractivity (Wildman–Crippen MR) is 84.4 cm³/mol. The first-order valence-electron chi connectivity index (χ1n) is 7.12. The smallest absolute Gasteiger partial charge is 0.246 e. The summed E-state index contributed by atoms with van der Waals surface area (Å²) in [6.45, 7) is 3.82. The van der Waals surface area contributed by atoms with Gasteiger partial charge in [-0.3, -0.25) is 9.63 Å². The fraction of sp³-hybridized carbons (Fsp3) is 0.467. The van der Waals surface area contributed by atoms with Gasteiger partial charge in [0.15, 0.2) is 5.13 Å². The van der Waals surface area contributed by atoms with Crippen LogP contribution in [0.15, 0.2) is 18.2 Å². The number of hydrogen-bond donors (Lipinski definition) is 1. The number of hydroxylamine groups is 1. The van der Waals surface area contributed by atoms with E-state index >= 15 is 0 Å². The first kappa shape index (κ1) is 14.3. The highest BCUT2D eigenvalue weighted by atomic mass is 32.1. The number of nitrogens with zero attached hydrogens (tertiary/aromatic N) is 2. The summed E-state index contributed by atoms with van der Waals surface area (Å²) in [5, 5.41) is 1.06. The second-order valence-electron chi connectivity index (χ2n) is 5.40. The third kappa shape index (κ3) is 3.01. The van der Waals surface area contributed by atoms with Crippen molar-refractivity contribution in [2.45, 2.75) is 19.8 Å². The van der Waals surface area contributed by atoms with Crippen LogP contribution in [-0.4, -0.2) is 31.1 Å². The van der Waals surface area contributed by atoms with Gasteiger partial charge in [0, 0.05) is 19.0 Å². The molecule has 2 aromatic rings. The van der Waals surface area contributed by atoms with Gasteiger partial charge in [-0.1, -0.05) is 17.4 Å². The lowest BCUT2D eigenvalue weighted by molar-refractivity contribution is -0.136. The van der Waals surface area contributed by atoms with Crippen molar-refractivity contribution in [2.75, 3.05) is 25.1 Å². The Hall–Kier alpha value is -1.66. The largest absolute Gasteiger partial charge is 0.348 e. The van der Waals surface area contributed by atoms with Crippen LogP contribution in [0.3, 0.4) is 0 Å². The molecule has 3 rings (SSSR count). The topological polar surface area (TPSA) is 54.5 Å². The highest BCUT2D eigenvalue weighted by Crippen LogP contribution is 2.32. The summed E-state index contributed by atoms with van der Waals surface area (Å²) in [7, 11) is 1.47. The molecule has 1 aliphatic rings. The second-order valence-corrected chi connectivity index (χ2v) is 6.41. The molecule has 0 atom stereocenters. The van der Waals surface area contributed by atoms with E-state index in [-0.39, 0.29) is 11.8 Å². The number of hydrogen-bond acceptors (Lipinski definition) is 5. The van der Waals surface area contributed by atoms with Crippen LogP contribution in [0.4, 0.5) is 5.13 Å². The van der Waals surface area contributed by atoms with Gasteiger partial charge in [0.1, 0.15) is 0 Å². The number of rotatable bonds is 3. The van der Waals surface area contributed by atoms with Gasteiger partial charge in [-0.25, -0.2) is 10.5 Å². The van der Waals surface area contributed by atoms with E-state index in [0.717, 1.165) is 36.6 Å².